The lowest BCUT2D eigenvalue weighted by Crippen LogP contribution is -2.28. The van der Waals surface area contributed by atoms with Crippen molar-refractivity contribution in [1.82, 2.24) is 0 Å². The Bertz CT molecular complexity index is 728. The Kier molecular flexibility index (Phi) is 5.61. The number of halogens is 1. The molecule has 1 saturated carbocycles. The highest BCUT2D eigenvalue weighted by atomic mass is 35.5. The Morgan fingerprint density at radius 3 is 2.35 bits per heavy atom. The number of benzene rings is 2. The van der Waals surface area contributed by atoms with Crippen molar-refractivity contribution in [1.29, 1.82) is 0 Å². The molecule has 0 radical (unpaired) electrons. The molecule has 0 unspecified atom stereocenters. The van der Waals surface area contributed by atoms with E-state index in [0.717, 1.165) is 17.0 Å². The molecule has 4 rings (SSSR count). The molecule has 0 amide bonds. The summed E-state index contributed by atoms with van der Waals surface area (Å²) < 4.78 is 0.233. The van der Waals surface area contributed by atoms with Gasteiger partial charge in [0, 0.05) is 10.9 Å². The van der Waals surface area contributed by atoms with Crippen LogP contribution in [0.15, 0.2) is 54.6 Å². The third-order valence-electron chi connectivity index (χ3n) is 5.82. The fraction of sp³-hybridized carbons (Fsp3) is 0.455. The zero-order valence-electron chi connectivity index (χ0n) is 15.0. The molecule has 1 N–H and O–H groups in total. The molecule has 0 aromatic heterocycles. The molecular weight excluding hydrogens is 380 g/mol. The van der Waals surface area contributed by atoms with Gasteiger partial charge in [-0.15, -0.1) is 23.5 Å². The van der Waals surface area contributed by atoms with E-state index in [1.165, 1.54) is 23.5 Å². The average Bonchev–Trinajstić information content (AvgIpc) is 3.45. The molecular formula is C22H25ClOS2. The molecule has 1 nitrogen and oxygen atoms in total. The normalized spacial score (nSPS) is 28.5. The topological polar surface area (TPSA) is 20.2 Å². The van der Waals surface area contributed by atoms with Crippen LogP contribution in [0.5, 0.6) is 0 Å². The van der Waals surface area contributed by atoms with Crippen molar-refractivity contribution in [3.05, 3.63) is 70.7 Å². The molecule has 1 aliphatic heterocycles. The highest BCUT2D eigenvalue weighted by Crippen LogP contribution is 2.70. The summed E-state index contributed by atoms with van der Waals surface area (Å²) in [6.07, 6.45) is 2.01. The zero-order valence-corrected chi connectivity index (χ0v) is 17.4. The van der Waals surface area contributed by atoms with E-state index in [0.29, 0.717) is 11.8 Å². The lowest BCUT2D eigenvalue weighted by Gasteiger charge is -2.36. The minimum atomic E-state index is -0.436. The van der Waals surface area contributed by atoms with Crippen LogP contribution in [0.25, 0.3) is 0 Å². The van der Waals surface area contributed by atoms with E-state index in [1.54, 1.807) is 0 Å². The predicted molar refractivity (Wildman–Crippen MR) is 115 cm³/mol. The summed E-state index contributed by atoms with van der Waals surface area (Å²) >= 11 is 10.3. The van der Waals surface area contributed by atoms with Gasteiger partial charge in [0.25, 0.3) is 0 Å². The van der Waals surface area contributed by atoms with Crippen LogP contribution in [-0.4, -0.2) is 20.7 Å². The maximum absolute atomic E-state index is 11.2. The van der Waals surface area contributed by atoms with Crippen molar-refractivity contribution in [2.24, 2.45) is 11.8 Å². The van der Waals surface area contributed by atoms with Gasteiger partial charge in [-0.2, -0.15) is 0 Å². The van der Waals surface area contributed by atoms with E-state index < -0.39 is 6.10 Å². The van der Waals surface area contributed by atoms with E-state index in [1.807, 2.05) is 24.3 Å². The lowest BCUT2D eigenvalue weighted by molar-refractivity contribution is 0.144. The molecule has 0 spiro atoms. The highest BCUT2D eigenvalue weighted by molar-refractivity contribution is 8.18. The third-order valence-corrected chi connectivity index (χ3v) is 9.86. The Morgan fingerprint density at radius 2 is 1.73 bits per heavy atom. The Balaban J connectivity index is 1.67. The molecule has 138 valence electrons. The van der Waals surface area contributed by atoms with Crippen molar-refractivity contribution in [3.63, 3.8) is 0 Å². The minimum Gasteiger partial charge on any atom is -0.388 e. The summed E-state index contributed by atoms with van der Waals surface area (Å²) in [6.45, 7) is 2.32. The van der Waals surface area contributed by atoms with Crippen molar-refractivity contribution in [2.75, 3.05) is 11.5 Å². The van der Waals surface area contributed by atoms with Crippen LogP contribution in [-0.2, 0) is 0 Å². The third kappa shape index (κ3) is 3.44. The second-order valence-electron chi connectivity index (χ2n) is 7.25. The van der Waals surface area contributed by atoms with E-state index in [2.05, 4.69) is 60.8 Å². The molecule has 2 aromatic carbocycles. The maximum atomic E-state index is 11.2. The van der Waals surface area contributed by atoms with E-state index in [-0.39, 0.29) is 10.00 Å². The smallest absolute Gasteiger partial charge is 0.0827 e. The largest absolute Gasteiger partial charge is 0.388 e. The number of hydrogen-bond donors (Lipinski definition) is 1. The second-order valence-corrected chi connectivity index (χ2v) is 10.8. The van der Waals surface area contributed by atoms with Crippen LogP contribution >= 0.6 is 35.1 Å². The molecule has 2 aliphatic rings. The quantitative estimate of drug-likeness (QED) is 0.624. The Morgan fingerprint density at radius 1 is 1.08 bits per heavy atom. The summed E-state index contributed by atoms with van der Waals surface area (Å²) in [4.78, 5) is 0. The monoisotopic (exact) mass is 404 g/mol. The van der Waals surface area contributed by atoms with Gasteiger partial charge in [0.1, 0.15) is 0 Å². The SMILES string of the molecule is CCC1([C@@H]2[C@@H](c3ccccc3)[C@@H]2[C@H](O)c2ccc(Cl)cc2)SCCCS1. The zero-order chi connectivity index (χ0) is 18.1. The van der Waals surface area contributed by atoms with E-state index >= 15 is 0 Å². The highest BCUT2D eigenvalue weighted by Gasteiger charge is 2.64. The van der Waals surface area contributed by atoms with Gasteiger partial charge >= 0.3 is 0 Å². The van der Waals surface area contributed by atoms with Gasteiger partial charge in [-0.25, -0.2) is 0 Å². The van der Waals surface area contributed by atoms with Crippen LogP contribution in [0, 0.1) is 11.8 Å². The summed E-state index contributed by atoms with van der Waals surface area (Å²) in [5.41, 5.74) is 2.36. The fourth-order valence-electron chi connectivity index (χ4n) is 4.50. The van der Waals surface area contributed by atoms with Crippen LogP contribution in [0.1, 0.15) is 42.9 Å². The molecule has 2 fully saturated rings. The van der Waals surface area contributed by atoms with Crippen molar-refractivity contribution in [3.8, 4) is 0 Å². The van der Waals surface area contributed by atoms with E-state index in [4.69, 9.17) is 11.6 Å². The van der Waals surface area contributed by atoms with Gasteiger partial charge in [-0.1, -0.05) is 61.0 Å². The van der Waals surface area contributed by atoms with Crippen molar-refractivity contribution in [2.45, 2.75) is 35.9 Å². The van der Waals surface area contributed by atoms with Gasteiger partial charge in [-0.05, 0) is 59.4 Å². The average molecular weight is 405 g/mol. The number of thioether (sulfide) groups is 2. The van der Waals surface area contributed by atoms with Gasteiger partial charge in [0.05, 0.1) is 10.2 Å². The summed E-state index contributed by atoms with van der Waals surface area (Å²) in [7, 11) is 0. The van der Waals surface area contributed by atoms with Gasteiger partial charge in [0.15, 0.2) is 0 Å². The van der Waals surface area contributed by atoms with Crippen LogP contribution in [0.3, 0.4) is 0 Å². The van der Waals surface area contributed by atoms with Crippen LogP contribution < -0.4 is 0 Å². The lowest BCUT2D eigenvalue weighted by atomic mass is 10.0. The van der Waals surface area contributed by atoms with Crippen molar-refractivity contribution < 1.29 is 5.11 Å². The summed E-state index contributed by atoms with van der Waals surface area (Å²) in [5, 5.41) is 12.0. The molecule has 26 heavy (non-hydrogen) atoms. The van der Waals surface area contributed by atoms with Gasteiger partial charge < -0.3 is 5.11 Å². The molecule has 1 saturated heterocycles. The Labute approximate surface area is 169 Å². The number of aliphatic hydroxyl groups excluding tert-OH is 1. The number of hydrogen-bond acceptors (Lipinski definition) is 3. The first kappa shape index (κ1) is 18.7. The van der Waals surface area contributed by atoms with Crippen molar-refractivity contribution >= 4 is 35.1 Å². The minimum absolute atomic E-state index is 0.233. The number of rotatable bonds is 5. The standard InChI is InChI=1S/C22H25ClOS2/c1-2-22(25-13-6-14-26-22)20-18(15-7-4-3-5-8-15)19(20)21(24)16-9-11-17(23)12-10-16/h3-5,7-12,18-21,24H,2,6,13-14H2,1H3/t18-,19-,20+,21+/m0/s1. The molecule has 1 aliphatic carbocycles. The maximum Gasteiger partial charge on any atom is 0.0827 e. The second kappa shape index (κ2) is 7.79. The molecule has 4 atom stereocenters. The fourth-order valence-corrected chi connectivity index (χ4v) is 8.31. The van der Waals surface area contributed by atoms with Gasteiger partial charge in [-0.3, -0.25) is 0 Å². The first-order valence-corrected chi connectivity index (χ1v) is 11.8. The number of aliphatic hydroxyl groups is 1. The van der Waals surface area contributed by atoms with Gasteiger partial charge in [0.2, 0.25) is 0 Å². The summed E-state index contributed by atoms with van der Waals surface area (Å²) in [6, 6.07) is 18.5. The Hall–Kier alpha value is -0.610. The molecule has 2 aromatic rings. The molecule has 0 bridgehead atoms. The van der Waals surface area contributed by atoms with E-state index in [9.17, 15) is 5.11 Å². The molecule has 1 heterocycles. The summed E-state index contributed by atoms with van der Waals surface area (Å²) in [5.74, 6) is 3.69. The first-order valence-electron chi connectivity index (χ1n) is 9.42. The molecule has 4 heteroatoms. The van der Waals surface area contributed by atoms with Crippen LogP contribution in [0.4, 0.5) is 0 Å². The van der Waals surface area contributed by atoms with Crippen LogP contribution in [0.2, 0.25) is 5.02 Å². The predicted octanol–water partition coefficient (Wildman–Crippen LogP) is 6.38. The first-order chi connectivity index (χ1) is 12.7.